The van der Waals surface area contributed by atoms with Crippen LogP contribution in [0.4, 0.5) is 19.0 Å². The molecule has 2 N–H and O–H groups in total. The molecule has 0 atom stereocenters. The first kappa shape index (κ1) is 21.3. The number of rotatable bonds is 4. The predicted molar refractivity (Wildman–Crippen MR) is 116 cm³/mol. The normalized spacial score (nSPS) is 15.2. The fraction of sp³-hybridized carbons (Fsp3) is 0.400. The molecule has 160 valence electrons. The Bertz CT molecular complexity index is 1080. The van der Waals surface area contributed by atoms with Crippen LogP contribution in [0.5, 0.6) is 0 Å². The maximum atomic E-state index is 13.4. The number of ether oxygens (including phenoxy) is 1. The van der Waals surface area contributed by atoms with Gasteiger partial charge in [0.15, 0.2) is 11.5 Å². The molecule has 2 aromatic heterocycles. The highest BCUT2D eigenvalue weighted by Crippen LogP contribution is 2.34. The zero-order valence-electron chi connectivity index (χ0n) is 16.3. The number of benzene rings is 1. The van der Waals surface area contributed by atoms with Gasteiger partial charge >= 0.3 is 6.18 Å². The van der Waals surface area contributed by atoms with Gasteiger partial charge < -0.3 is 15.4 Å². The average molecular weight is 531 g/mol. The summed E-state index contributed by atoms with van der Waals surface area (Å²) < 4.78 is 48.1. The summed E-state index contributed by atoms with van der Waals surface area (Å²) in [6, 6.07) is 6.22. The summed E-state index contributed by atoms with van der Waals surface area (Å²) in [5.74, 6) is 0.790. The molecule has 0 saturated carbocycles. The lowest BCUT2D eigenvalue weighted by Crippen LogP contribution is -2.37. The van der Waals surface area contributed by atoms with Gasteiger partial charge in [0.2, 0.25) is 0 Å². The summed E-state index contributed by atoms with van der Waals surface area (Å²) in [7, 11) is 0. The summed E-state index contributed by atoms with van der Waals surface area (Å²) in [6.45, 7) is 4.40. The molecule has 1 aliphatic heterocycles. The van der Waals surface area contributed by atoms with Crippen molar-refractivity contribution >= 4 is 34.1 Å². The first-order chi connectivity index (χ1) is 14.3. The first-order valence-electron chi connectivity index (χ1n) is 9.55. The van der Waals surface area contributed by atoms with Crippen LogP contribution in [0.25, 0.3) is 5.65 Å². The van der Waals surface area contributed by atoms with Gasteiger partial charge in [-0.2, -0.15) is 13.2 Å². The van der Waals surface area contributed by atoms with Crippen molar-refractivity contribution in [1.29, 1.82) is 0 Å². The highest BCUT2D eigenvalue weighted by Gasteiger charge is 2.33. The minimum Gasteiger partial charge on any atom is -0.378 e. The van der Waals surface area contributed by atoms with Crippen LogP contribution in [0.15, 0.2) is 24.3 Å². The lowest BCUT2D eigenvalue weighted by molar-refractivity contribution is -0.138. The molecule has 0 amide bonds. The number of hydrogen-bond acceptors (Lipinski definition) is 5. The van der Waals surface area contributed by atoms with Crippen LogP contribution >= 0.6 is 22.6 Å². The van der Waals surface area contributed by atoms with Crippen LogP contribution in [0.1, 0.15) is 28.1 Å². The Morgan fingerprint density at radius 3 is 2.63 bits per heavy atom. The van der Waals surface area contributed by atoms with E-state index >= 15 is 0 Å². The Labute approximate surface area is 185 Å². The highest BCUT2D eigenvalue weighted by molar-refractivity contribution is 14.1. The maximum absolute atomic E-state index is 13.4. The van der Waals surface area contributed by atoms with Crippen molar-refractivity contribution in [2.45, 2.75) is 26.1 Å². The minimum atomic E-state index is -4.40. The maximum Gasteiger partial charge on any atom is 0.416 e. The lowest BCUT2D eigenvalue weighted by atomic mass is 9.98. The third-order valence-corrected chi connectivity index (χ3v) is 6.13. The fourth-order valence-electron chi connectivity index (χ4n) is 3.71. The van der Waals surface area contributed by atoms with Crippen molar-refractivity contribution in [1.82, 2.24) is 14.6 Å². The van der Waals surface area contributed by atoms with Crippen molar-refractivity contribution in [3.63, 3.8) is 0 Å². The standard InChI is InChI=1S/C20H21F3IN5O/c1-12-13(3-2-4-14(12)20(21,22)23)9-17-16(11-25)26-19-15(24)10-18(27-29(17)19)28-5-7-30-8-6-28/h2-4,10H,5-9,11,25H2,1H3. The van der Waals surface area contributed by atoms with Gasteiger partial charge in [-0.3, -0.25) is 0 Å². The minimum absolute atomic E-state index is 0.180. The third kappa shape index (κ3) is 4.00. The molecule has 1 aliphatic rings. The Morgan fingerprint density at radius 2 is 1.97 bits per heavy atom. The Morgan fingerprint density at radius 1 is 1.23 bits per heavy atom. The highest BCUT2D eigenvalue weighted by atomic mass is 127. The van der Waals surface area contributed by atoms with Crippen molar-refractivity contribution < 1.29 is 17.9 Å². The summed E-state index contributed by atoms with van der Waals surface area (Å²) >= 11 is 2.21. The monoisotopic (exact) mass is 531 g/mol. The van der Waals surface area contributed by atoms with E-state index in [0.717, 1.165) is 28.5 Å². The van der Waals surface area contributed by atoms with Crippen LogP contribution in [0, 0.1) is 10.5 Å². The van der Waals surface area contributed by atoms with Crippen LogP contribution in [0.3, 0.4) is 0 Å². The topological polar surface area (TPSA) is 68.7 Å². The van der Waals surface area contributed by atoms with Crippen LogP contribution in [-0.2, 0) is 23.9 Å². The average Bonchev–Trinajstić information content (AvgIpc) is 3.07. The Balaban J connectivity index is 1.81. The number of fused-ring (bicyclic) bond motifs is 1. The lowest BCUT2D eigenvalue weighted by Gasteiger charge is -2.27. The smallest absolute Gasteiger partial charge is 0.378 e. The quantitative estimate of drug-likeness (QED) is 0.522. The zero-order chi connectivity index (χ0) is 21.5. The van der Waals surface area contributed by atoms with Crippen molar-refractivity contribution in [3.05, 3.63) is 55.9 Å². The largest absolute Gasteiger partial charge is 0.416 e. The van der Waals surface area contributed by atoms with Gasteiger partial charge in [0.05, 0.1) is 33.7 Å². The van der Waals surface area contributed by atoms with Crippen LogP contribution in [-0.4, -0.2) is 40.9 Å². The molecule has 10 heteroatoms. The van der Waals surface area contributed by atoms with Gasteiger partial charge in [-0.05, 0) is 52.8 Å². The van der Waals surface area contributed by atoms with E-state index in [2.05, 4.69) is 32.5 Å². The second kappa shape index (κ2) is 8.31. The van der Waals surface area contributed by atoms with Crippen molar-refractivity contribution in [3.8, 4) is 0 Å². The van der Waals surface area contributed by atoms with E-state index in [1.165, 1.54) is 13.0 Å². The van der Waals surface area contributed by atoms with Gasteiger partial charge in [0.1, 0.15) is 0 Å². The molecule has 1 fully saturated rings. The van der Waals surface area contributed by atoms with E-state index in [1.807, 2.05) is 6.07 Å². The van der Waals surface area contributed by atoms with E-state index < -0.39 is 11.7 Å². The Kier molecular flexibility index (Phi) is 5.90. The van der Waals surface area contributed by atoms with Crippen LogP contribution in [0.2, 0.25) is 0 Å². The third-order valence-electron chi connectivity index (χ3n) is 5.34. The number of alkyl halides is 3. The number of anilines is 1. The van der Waals surface area contributed by atoms with Crippen LogP contribution < -0.4 is 10.6 Å². The van der Waals surface area contributed by atoms with E-state index in [9.17, 15) is 13.2 Å². The molecule has 3 aromatic rings. The Hall–Kier alpha value is -1.92. The van der Waals surface area contributed by atoms with Gasteiger partial charge in [-0.15, -0.1) is 5.10 Å². The van der Waals surface area contributed by atoms with Crippen molar-refractivity contribution in [2.75, 3.05) is 31.2 Å². The molecule has 0 aliphatic carbocycles. The SMILES string of the molecule is Cc1c(Cc2c(CN)nc3c(I)cc(N4CCOCC4)nn23)cccc1C(F)(F)F. The number of nitrogens with two attached hydrogens (primary N) is 1. The second-order valence-electron chi connectivity index (χ2n) is 7.16. The molecule has 1 aromatic carbocycles. The summed E-state index contributed by atoms with van der Waals surface area (Å²) in [4.78, 5) is 6.75. The number of aromatic nitrogens is 3. The number of halogens is 4. The predicted octanol–water partition coefficient (Wildman–Crippen LogP) is 3.55. The molecule has 1 saturated heterocycles. The van der Waals surface area contributed by atoms with Crippen molar-refractivity contribution in [2.24, 2.45) is 5.73 Å². The van der Waals surface area contributed by atoms with Gasteiger partial charge in [0.25, 0.3) is 0 Å². The van der Waals surface area contributed by atoms with E-state index in [1.54, 1.807) is 10.6 Å². The van der Waals surface area contributed by atoms with E-state index in [0.29, 0.717) is 35.8 Å². The van der Waals surface area contributed by atoms with E-state index in [4.69, 9.17) is 15.6 Å². The number of hydrogen-bond donors (Lipinski definition) is 1. The summed E-state index contributed by atoms with van der Waals surface area (Å²) in [5, 5.41) is 4.77. The molecule has 0 radical (unpaired) electrons. The molecule has 0 bridgehead atoms. The number of nitrogens with zero attached hydrogens (tertiary/aromatic N) is 4. The molecular weight excluding hydrogens is 510 g/mol. The summed E-state index contributed by atoms with van der Waals surface area (Å²) in [5.41, 5.74) is 8.09. The van der Waals surface area contributed by atoms with Gasteiger partial charge in [-0.1, -0.05) is 12.1 Å². The molecular formula is C20H21F3IN5O. The molecule has 4 rings (SSSR count). The summed E-state index contributed by atoms with van der Waals surface area (Å²) in [6.07, 6.45) is -4.13. The molecule has 0 unspecified atom stereocenters. The second-order valence-corrected chi connectivity index (χ2v) is 8.32. The molecule has 3 heterocycles. The molecule has 0 spiro atoms. The molecule has 6 nitrogen and oxygen atoms in total. The zero-order valence-corrected chi connectivity index (χ0v) is 18.5. The number of imidazole rings is 1. The van der Waals surface area contributed by atoms with Gasteiger partial charge in [0, 0.05) is 26.1 Å². The van der Waals surface area contributed by atoms with E-state index in [-0.39, 0.29) is 18.5 Å². The molecule has 30 heavy (non-hydrogen) atoms. The fourth-order valence-corrected chi connectivity index (χ4v) is 4.34. The van der Waals surface area contributed by atoms with Gasteiger partial charge in [-0.25, -0.2) is 9.50 Å². The number of morpholine rings is 1. The first-order valence-corrected chi connectivity index (χ1v) is 10.6.